The lowest BCUT2D eigenvalue weighted by Crippen LogP contribution is -1.96. The van der Waals surface area contributed by atoms with Gasteiger partial charge in [0, 0.05) is 10.8 Å². The standard InChI is InChI=1S/C17H13ClN2O4S/c1-23-14-6-5-12(18)8-13(14)15-19-20-17(24-15)25-9-10-3-2-4-11(7-10)16(21)22/h2-8H,9H2,1H3,(H,21,22). The third kappa shape index (κ3) is 4.12. The van der Waals surface area contributed by atoms with Crippen molar-refractivity contribution in [2.75, 3.05) is 7.11 Å². The Morgan fingerprint density at radius 3 is 2.88 bits per heavy atom. The molecule has 3 aromatic rings. The molecular weight excluding hydrogens is 364 g/mol. The maximum atomic E-state index is 11.0. The maximum absolute atomic E-state index is 11.0. The highest BCUT2D eigenvalue weighted by Crippen LogP contribution is 2.33. The van der Waals surface area contributed by atoms with E-state index in [2.05, 4.69) is 10.2 Å². The van der Waals surface area contributed by atoms with E-state index in [0.717, 1.165) is 5.56 Å². The van der Waals surface area contributed by atoms with Gasteiger partial charge in [-0.3, -0.25) is 0 Å². The molecule has 0 bridgehead atoms. The second-order valence-corrected chi connectivity index (χ2v) is 6.37. The van der Waals surface area contributed by atoms with Crippen molar-refractivity contribution >= 4 is 29.3 Å². The lowest BCUT2D eigenvalue weighted by molar-refractivity contribution is 0.0697. The van der Waals surface area contributed by atoms with Crippen LogP contribution in [-0.4, -0.2) is 28.4 Å². The number of rotatable bonds is 6. The summed E-state index contributed by atoms with van der Waals surface area (Å²) in [6.45, 7) is 0. The smallest absolute Gasteiger partial charge is 0.335 e. The fraction of sp³-hybridized carbons (Fsp3) is 0.118. The summed E-state index contributed by atoms with van der Waals surface area (Å²) in [7, 11) is 1.55. The minimum Gasteiger partial charge on any atom is -0.496 e. The first-order valence-electron chi connectivity index (χ1n) is 7.19. The predicted octanol–water partition coefficient (Wildman–Crippen LogP) is 4.39. The highest BCUT2D eigenvalue weighted by Gasteiger charge is 2.15. The van der Waals surface area contributed by atoms with Crippen LogP contribution in [0.5, 0.6) is 5.75 Å². The molecule has 0 atom stereocenters. The van der Waals surface area contributed by atoms with Crippen LogP contribution in [0, 0.1) is 0 Å². The maximum Gasteiger partial charge on any atom is 0.335 e. The van der Waals surface area contributed by atoms with Gasteiger partial charge in [0.05, 0.1) is 18.2 Å². The molecule has 0 radical (unpaired) electrons. The van der Waals surface area contributed by atoms with Gasteiger partial charge in [-0.2, -0.15) is 0 Å². The summed E-state index contributed by atoms with van der Waals surface area (Å²) in [5, 5.41) is 18.0. The van der Waals surface area contributed by atoms with Crippen molar-refractivity contribution in [2.24, 2.45) is 0 Å². The number of hydrogen-bond acceptors (Lipinski definition) is 6. The van der Waals surface area contributed by atoms with E-state index in [0.29, 0.717) is 33.2 Å². The van der Waals surface area contributed by atoms with Gasteiger partial charge in [-0.05, 0) is 35.9 Å². The number of carbonyl (C=O) groups is 1. The minimum absolute atomic E-state index is 0.244. The zero-order chi connectivity index (χ0) is 17.8. The molecule has 2 aromatic carbocycles. The van der Waals surface area contributed by atoms with E-state index >= 15 is 0 Å². The predicted molar refractivity (Wildman–Crippen MR) is 94.3 cm³/mol. The van der Waals surface area contributed by atoms with Gasteiger partial charge in [-0.1, -0.05) is 35.5 Å². The molecule has 1 aromatic heterocycles. The number of carboxylic acid groups (broad SMARTS) is 1. The first-order chi connectivity index (χ1) is 12.1. The van der Waals surface area contributed by atoms with Crippen LogP contribution < -0.4 is 4.74 Å². The van der Waals surface area contributed by atoms with E-state index in [-0.39, 0.29) is 5.56 Å². The van der Waals surface area contributed by atoms with Crippen molar-refractivity contribution in [3.8, 4) is 17.2 Å². The minimum atomic E-state index is -0.958. The molecule has 6 nitrogen and oxygen atoms in total. The summed E-state index contributed by atoms with van der Waals surface area (Å²) in [4.78, 5) is 11.0. The molecule has 0 saturated heterocycles. The lowest BCUT2D eigenvalue weighted by atomic mass is 10.1. The third-order valence-electron chi connectivity index (χ3n) is 3.33. The summed E-state index contributed by atoms with van der Waals surface area (Å²) < 4.78 is 10.9. The molecule has 1 N–H and O–H groups in total. The van der Waals surface area contributed by atoms with Crippen molar-refractivity contribution in [2.45, 2.75) is 11.0 Å². The Labute approximate surface area is 152 Å². The zero-order valence-electron chi connectivity index (χ0n) is 13.1. The molecule has 0 unspecified atom stereocenters. The quantitative estimate of drug-likeness (QED) is 0.638. The van der Waals surface area contributed by atoms with Crippen LogP contribution in [0.25, 0.3) is 11.5 Å². The number of nitrogens with zero attached hydrogens (tertiary/aromatic N) is 2. The average molecular weight is 377 g/mol. The molecule has 0 saturated carbocycles. The number of methoxy groups -OCH3 is 1. The summed E-state index contributed by atoms with van der Waals surface area (Å²) in [5.74, 6) is 0.440. The van der Waals surface area contributed by atoms with E-state index in [4.69, 9.17) is 25.9 Å². The molecule has 8 heteroatoms. The molecule has 25 heavy (non-hydrogen) atoms. The highest BCUT2D eigenvalue weighted by molar-refractivity contribution is 7.98. The Balaban J connectivity index is 1.75. The molecule has 0 spiro atoms. The van der Waals surface area contributed by atoms with E-state index in [9.17, 15) is 4.79 Å². The van der Waals surface area contributed by atoms with Crippen LogP contribution >= 0.6 is 23.4 Å². The average Bonchev–Trinajstić information content (AvgIpc) is 3.09. The number of hydrogen-bond donors (Lipinski definition) is 1. The summed E-state index contributed by atoms with van der Waals surface area (Å²) in [6, 6.07) is 11.8. The van der Waals surface area contributed by atoms with Gasteiger partial charge in [0.15, 0.2) is 0 Å². The molecule has 0 amide bonds. The Kier molecular flexibility index (Phi) is 5.25. The van der Waals surface area contributed by atoms with E-state index in [1.54, 1.807) is 43.5 Å². The third-order valence-corrected chi connectivity index (χ3v) is 4.46. The summed E-state index contributed by atoms with van der Waals surface area (Å²) in [6.07, 6.45) is 0. The number of aromatic carboxylic acids is 1. The second kappa shape index (κ2) is 7.58. The van der Waals surface area contributed by atoms with Gasteiger partial charge in [-0.25, -0.2) is 4.79 Å². The summed E-state index contributed by atoms with van der Waals surface area (Å²) >= 11 is 7.33. The van der Waals surface area contributed by atoms with Crippen LogP contribution in [-0.2, 0) is 5.75 Å². The molecule has 0 aliphatic rings. The number of carboxylic acids is 1. The van der Waals surface area contributed by atoms with Gasteiger partial charge in [-0.15, -0.1) is 10.2 Å². The largest absolute Gasteiger partial charge is 0.496 e. The van der Waals surface area contributed by atoms with Gasteiger partial charge >= 0.3 is 5.97 Å². The van der Waals surface area contributed by atoms with Crippen molar-refractivity contribution < 1.29 is 19.1 Å². The number of halogens is 1. The van der Waals surface area contributed by atoms with Gasteiger partial charge < -0.3 is 14.3 Å². The van der Waals surface area contributed by atoms with E-state index in [1.807, 2.05) is 6.07 Å². The van der Waals surface area contributed by atoms with Gasteiger partial charge in [0.2, 0.25) is 0 Å². The Bertz CT molecular complexity index is 913. The number of ether oxygens (including phenoxy) is 1. The van der Waals surface area contributed by atoms with Crippen LogP contribution in [0.4, 0.5) is 0 Å². The van der Waals surface area contributed by atoms with Crippen molar-refractivity contribution in [3.05, 3.63) is 58.6 Å². The first-order valence-corrected chi connectivity index (χ1v) is 8.55. The lowest BCUT2D eigenvalue weighted by Gasteiger charge is -2.04. The van der Waals surface area contributed by atoms with E-state index in [1.165, 1.54) is 11.8 Å². The molecule has 0 aliphatic carbocycles. The molecular formula is C17H13ClN2O4S. The fourth-order valence-corrected chi connectivity index (χ4v) is 3.04. The Morgan fingerprint density at radius 1 is 1.28 bits per heavy atom. The van der Waals surface area contributed by atoms with Crippen molar-refractivity contribution in [1.82, 2.24) is 10.2 Å². The van der Waals surface area contributed by atoms with Crippen LogP contribution in [0.3, 0.4) is 0 Å². The van der Waals surface area contributed by atoms with Crippen molar-refractivity contribution in [1.29, 1.82) is 0 Å². The van der Waals surface area contributed by atoms with Crippen LogP contribution in [0.15, 0.2) is 52.1 Å². The normalized spacial score (nSPS) is 10.6. The number of aromatic nitrogens is 2. The molecule has 128 valence electrons. The van der Waals surface area contributed by atoms with Crippen molar-refractivity contribution in [3.63, 3.8) is 0 Å². The molecule has 1 heterocycles. The number of thioether (sulfide) groups is 1. The topological polar surface area (TPSA) is 85.5 Å². The van der Waals surface area contributed by atoms with Gasteiger partial charge in [0.25, 0.3) is 11.1 Å². The molecule has 0 aliphatic heterocycles. The highest BCUT2D eigenvalue weighted by atomic mass is 35.5. The summed E-state index contributed by atoms with van der Waals surface area (Å²) in [5.41, 5.74) is 1.71. The SMILES string of the molecule is COc1ccc(Cl)cc1-c1nnc(SCc2cccc(C(=O)O)c2)o1. The second-order valence-electron chi connectivity index (χ2n) is 5.01. The van der Waals surface area contributed by atoms with E-state index < -0.39 is 5.97 Å². The number of benzene rings is 2. The zero-order valence-corrected chi connectivity index (χ0v) is 14.7. The Hall–Kier alpha value is -2.51. The molecule has 0 fully saturated rings. The fourth-order valence-electron chi connectivity index (χ4n) is 2.16. The van der Waals surface area contributed by atoms with Crippen LogP contribution in [0.2, 0.25) is 5.02 Å². The monoisotopic (exact) mass is 376 g/mol. The van der Waals surface area contributed by atoms with Gasteiger partial charge in [0.1, 0.15) is 5.75 Å². The Morgan fingerprint density at radius 2 is 2.12 bits per heavy atom. The molecule has 3 rings (SSSR count). The van der Waals surface area contributed by atoms with Crippen LogP contribution in [0.1, 0.15) is 15.9 Å². The first kappa shape index (κ1) is 17.3.